The Bertz CT molecular complexity index is 519. The minimum absolute atomic E-state index is 0.0933. The Morgan fingerprint density at radius 1 is 1.27 bits per heavy atom. The Morgan fingerprint density at radius 2 is 2.05 bits per heavy atom. The summed E-state index contributed by atoms with van der Waals surface area (Å²) >= 11 is 0. The first-order valence-corrected chi connectivity index (χ1v) is 7.82. The minimum Gasteiger partial charge on any atom is -0.426 e. The third kappa shape index (κ3) is 4.24. The van der Waals surface area contributed by atoms with Crippen molar-refractivity contribution >= 4 is 5.97 Å². The first-order chi connectivity index (χ1) is 10.5. The first kappa shape index (κ1) is 16.8. The van der Waals surface area contributed by atoms with Crippen LogP contribution in [0.3, 0.4) is 0 Å². The van der Waals surface area contributed by atoms with Gasteiger partial charge in [-0.05, 0) is 37.3 Å². The van der Waals surface area contributed by atoms with Crippen molar-refractivity contribution in [2.75, 3.05) is 0 Å². The normalized spacial score (nSPS) is 25.0. The van der Waals surface area contributed by atoms with E-state index in [1.807, 2.05) is 0 Å². The zero-order valence-electron chi connectivity index (χ0n) is 12.7. The first-order valence-electron chi connectivity index (χ1n) is 7.82. The van der Waals surface area contributed by atoms with Crippen molar-refractivity contribution in [3.05, 3.63) is 29.8 Å². The third-order valence-corrected chi connectivity index (χ3v) is 4.26. The molecule has 1 fully saturated rings. The van der Waals surface area contributed by atoms with Crippen LogP contribution < -0.4 is 4.74 Å². The van der Waals surface area contributed by atoms with E-state index >= 15 is 0 Å². The molecular formula is C17H21F3O2. The Labute approximate surface area is 128 Å². The van der Waals surface area contributed by atoms with E-state index in [1.165, 1.54) is 0 Å². The highest BCUT2D eigenvalue weighted by Gasteiger charge is 2.36. The van der Waals surface area contributed by atoms with Gasteiger partial charge in [0.25, 0.3) is 0 Å². The quantitative estimate of drug-likeness (QED) is 0.575. The Hall–Kier alpha value is -1.52. The van der Waals surface area contributed by atoms with Gasteiger partial charge in [0.05, 0.1) is 5.92 Å². The van der Waals surface area contributed by atoms with Gasteiger partial charge in [-0.25, -0.2) is 13.2 Å². The second-order valence-electron chi connectivity index (χ2n) is 5.94. The summed E-state index contributed by atoms with van der Waals surface area (Å²) in [5, 5.41) is 0. The summed E-state index contributed by atoms with van der Waals surface area (Å²) in [6.45, 7) is 2.09. The molecular weight excluding hydrogens is 293 g/mol. The predicted molar refractivity (Wildman–Crippen MR) is 77.2 cm³/mol. The molecule has 1 aliphatic rings. The number of alkyl halides is 1. The number of unbranched alkanes of at least 4 members (excludes halogenated alkanes) is 1. The van der Waals surface area contributed by atoms with Gasteiger partial charge in [-0.2, -0.15) is 0 Å². The van der Waals surface area contributed by atoms with Gasteiger partial charge in [0.2, 0.25) is 0 Å². The van der Waals surface area contributed by atoms with Crippen molar-refractivity contribution in [3.8, 4) is 5.75 Å². The van der Waals surface area contributed by atoms with E-state index < -0.39 is 29.7 Å². The third-order valence-electron chi connectivity index (χ3n) is 4.26. The average Bonchev–Trinajstić information content (AvgIpc) is 2.49. The number of carbonyl (C=O) groups is 1. The number of carbonyl (C=O) groups excluding carboxylic acids is 1. The molecule has 122 valence electrons. The van der Waals surface area contributed by atoms with Crippen LogP contribution >= 0.6 is 0 Å². The maximum Gasteiger partial charge on any atom is 0.317 e. The SMILES string of the molecule is CCCCC1CCC(C(=O)Oc2ccc(F)c(F)c2)C(F)C1. The van der Waals surface area contributed by atoms with Crippen LogP contribution in [0.2, 0.25) is 0 Å². The Balaban J connectivity index is 1.91. The molecule has 0 radical (unpaired) electrons. The van der Waals surface area contributed by atoms with Gasteiger partial charge in [-0.3, -0.25) is 4.79 Å². The monoisotopic (exact) mass is 314 g/mol. The Morgan fingerprint density at radius 3 is 2.68 bits per heavy atom. The summed E-state index contributed by atoms with van der Waals surface area (Å²) in [6.07, 6.45) is 3.53. The smallest absolute Gasteiger partial charge is 0.317 e. The summed E-state index contributed by atoms with van der Waals surface area (Å²) in [6, 6.07) is 2.84. The number of rotatable bonds is 5. The lowest BCUT2D eigenvalue weighted by Gasteiger charge is -2.30. The van der Waals surface area contributed by atoms with Crippen LogP contribution in [0.5, 0.6) is 5.75 Å². The predicted octanol–water partition coefficient (Wildman–Crippen LogP) is 4.81. The summed E-state index contributed by atoms with van der Waals surface area (Å²) in [7, 11) is 0. The molecule has 1 aromatic rings. The number of ether oxygens (including phenoxy) is 1. The van der Waals surface area contributed by atoms with Gasteiger partial charge in [0, 0.05) is 6.07 Å². The van der Waals surface area contributed by atoms with Crippen LogP contribution in [-0.2, 0) is 4.79 Å². The van der Waals surface area contributed by atoms with E-state index in [-0.39, 0.29) is 5.75 Å². The van der Waals surface area contributed by atoms with E-state index in [2.05, 4.69) is 6.92 Å². The lowest BCUT2D eigenvalue weighted by Crippen LogP contribution is -2.34. The fraction of sp³-hybridized carbons (Fsp3) is 0.588. The van der Waals surface area contributed by atoms with E-state index in [4.69, 9.17) is 4.74 Å². The highest BCUT2D eigenvalue weighted by atomic mass is 19.2. The van der Waals surface area contributed by atoms with Gasteiger partial charge in [0.1, 0.15) is 11.9 Å². The molecule has 2 rings (SSSR count). The largest absolute Gasteiger partial charge is 0.426 e. The molecule has 2 nitrogen and oxygen atoms in total. The second-order valence-corrected chi connectivity index (χ2v) is 5.94. The standard InChI is InChI=1S/C17H21F3O2/c1-2-3-4-11-5-7-13(15(19)9-11)17(21)22-12-6-8-14(18)16(20)10-12/h6,8,10-11,13,15H,2-5,7,9H2,1H3. The zero-order valence-corrected chi connectivity index (χ0v) is 12.7. The molecule has 0 saturated heterocycles. The van der Waals surface area contributed by atoms with Crippen LogP contribution in [0, 0.1) is 23.5 Å². The highest BCUT2D eigenvalue weighted by Crippen LogP contribution is 2.35. The zero-order chi connectivity index (χ0) is 16.1. The second kappa shape index (κ2) is 7.65. The maximum absolute atomic E-state index is 14.2. The van der Waals surface area contributed by atoms with Crippen molar-refractivity contribution in [1.29, 1.82) is 0 Å². The molecule has 0 heterocycles. The van der Waals surface area contributed by atoms with E-state index in [0.29, 0.717) is 18.8 Å². The lowest BCUT2D eigenvalue weighted by molar-refractivity contribution is -0.143. The van der Waals surface area contributed by atoms with E-state index in [1.54, 1.807) is 0 Å². The minimum atomic E-state index is -1.23. The van der Waals surface area contributed by atoms with Crippen LogP contribution in [-0.4, -0.2) is 12.1 Å². The van der Waals surface area contributed by atoms with Gasteiger partial charge in [-0.15, -0.1) is 0 Å². The van der Waals surface area contributed by atoms with Crippen molar-refractivity contribution in [2.24, 2.45) is 11.8 Å². The van der Waals surface area contributed by atoms with E-state index in [9.17, 15) is 18.0 Å². The average molecular weight is 314 g/mol. The van der Waals surface area contributed by atoms with Gasteiger partial charge in [0.15, 0.2) is 11.6 Å². The summed E-state index contributed by atoms with van der Waals surface area (Å²) in [5.41, 5.74) is 0. The van der Waals surface area contributed by atoms with Crippen LogP contribution in [0.25, 0.3) is 0 Å². The number of hydrogen-bond acceptors (Lipinski definition) is 2. The maximum atomic E-state index is 14.2. The van der Waals surface area contributed by atoms with E-state index in [0.717, 1.165) is 43.9 Å². The molecule has 0 aliphatic heterocycles. The van der Waals surface area contributed by atoms with Gasteiger partial charge < -0.3 is 4.74 Å². The topological polar surface area (TPSA) is 26.3 Å². The highest BCUT2D eigenvalue weighted by molar-refractivity contribution is 5.75. The summed E-state index contributed by atoms with van der Waals surface area (Å²) in [5.74, 6) is -3.39. The van der Waals surface area contributed by atoms with Crippen LogP contribution in [0.1, 0.15) is 45.4 Å². The number of halogens is 3. The number of esters is 1. The number of benzene rings is 1. The lowest BCUT2D eigenvalue weighted by atomic mass is 9.78. The summed E-state index contributed by atoms with van der Waals surface area (Å²) < 4.78 is 45.1. The van der Waals surface area contributed by atoms with Crippen LogP contribution in [0.4, 0.5) is 13.2 Å². The van der Waals surface area contributed by atoms with Crippen molar-refractivity contribution in [3.63, 3.8) is 0 Å². The molecule has 1 aromatic carbocycles. The fourth-order valence-corrected chi connectivity index (χ4v) is 2.95. The van der Waals surface area contributed by atoms with Crippen molar-refractivity contribution < 1.29 is 22.7 Å². The molecule has 1 aliphatic carbocycles. The molecule has 0 amide bonds. The fourth-order valence-electron chi connectivity index (χ4n) is 2.95. The number of hydrogen-bond donors (Lipinski definition) is 0. The van der Waals surface area contributed by atoms with Crippen molar-refractivity contribution in [2.45, 2.75) is 51.6 Å². The van der Waals surface area contributed by atoms with Crippen molar-refractivity contribution in [1.82, 2.24) is 0 Å². The van der Waals surface area contributed by atoms with Crippen LogP contribution in [0.15, 0.2) is 18.2 Å². The molecule has 22 heavy (non-hydrogen) atoms. The van der Waals surface area contributed by atoms with Gasteiger partial charge in [-0.1, -0.05) is 26.2 Å². The summed E-state index contributed by atoms with van der Waals surface area (Å²) in [4.78, 5) is 12.0. The molecule has 0 aromatic heterocycles. The van der Waals surface area contributed by atoms with Gasteiger partial charge >= 0.3 is 5.97 Å². The molecule has 3 unspecified atom stereocenters. The molecule has 0 bridgehead atoms. The molecule has 1 saturated carbocycles. The molecule has 0 spiro atoms. The molecule has 5 heteroatoms. The molecule has 0 N–H and O–H groups in total. The molecule has 3 atom stereocenters. The Kier molecular flexibility index (Phi) is 5.86.